The third-order valence-corrected chi connectivity index (χ3v) is 8.36. The number of rotatable bonds is 4. The van der Waals surface area contributed by atoms with E-state index < -0.39 is 15.6 Å². The van der Waals surface area contributed by atoms with Gasteiger partial charge in [0, 0.05) is 17.1 Å². The highest BCUT2D eigenvalue weighted by molar-refractivity contribution is 7.89. The Bertz CT molecular complexity index is 897. The van der Waals surface area contributed by atoms with E-state index in [1.54, 1.807) is 26.8 Å². The van der Waals surface area contributed by atoms with Crippen LogP contribution in [0, 0.1) is 16.7 Å². The molecular formula is C21H33N3O3S. The number of carbonyl (C=O) groups is 1. The molecule has 0 heterocycles. The molecule has 0 saturated heterocycles. The van der Waals surface area contributed by atoms with Crippen LogP contribution in [0.1, 0.15) is 71.2 Å². The Kier molecular flexibility index (Phi) is 4.87. The minimum absolute atomic E-state index is 0.0269. The van der Waals surface area contributed by atoms with Gasteiger partial charge in [-0.2, -0.15) is 0 Å². The van der Waals surface area contributed by atoms with Gasteiger partial charge in [-0.25, -0.2) is 13.1 Å². The summed E-state index contributed by atoms with van der Waals surface area (Å²) in [5.74, 6) is 0.361. The van der Waals surface area contributed by atoms with Crippen LogP contribution in [0.5, 0.6) is 0 Å². The van der Waals surface area contributed by atoms with Gasteiger partial charge in [0.05, 0.1) is 5.69 Å². The van der Waals surface area contributed by atoms with E-state index in [0.717, 1.165) is 12.8 Å². The highest BCUT2D eigenvalue weighted by Crippen LogP contribution is 2.62. The molecule has 0 spiro atoms. The second-order valence-electron chi connectivity index (χ2n) is 10.4. The molecule has 7 heteroatoms. The Labute approximate surface area is 168 Å². The largest absolute Gasteiger partial charge is 0.398 e. The SMILES string of the molecule is CC(C)(C)NS(=O)(=O)c1cc(C(=O)NC2C3(C)CC[C@H](C3)C2(C)C)ccc1N. The molecule has 1 aromatic rings. The monoisotopic (exact) mass is 407 g/mol. The lowest BCUT2D eigenvalue weighted by Crippen LogP contribution is -2.52. The van der Waals surface area contributed by atoms with Gasteiger partial charge in [0.15, 0.2) is 0 Å². The van der Waals surface area contributed by atoms with Gasteiger partial charge in [-0.15, -0.1) is 0 Å². The molecule has 156 valence electrons. The van der Waals surface area contributed by atoms with Crippen molar-refractivity contribution in [3.63, 3.8) is 0 Å². The second kappa shape index (κ2) is 6.46. The molecule has 0 aliphatic heterocycles. The Morgan fingerprint density at radius 1 is 1.21 bits per heavy atom. The number of hydrogen-bond acceptors (Lipinski definition) is 4. The number of anilines is 1. The second-order valence-corrected chi connectivity index (χ2v) is 12.1. The maximum atomic E-state index is 13.0. The Hall–Kier alpha value is -1.60. The standard InChI is InChI=1S/C21H33N3O3S/c1-19(2,3)24-28(26,27)16-11-13(7-8-15(16)22)17(25)23-18-20(4,5)14-9-10-21(18,6)12-14/h7-8,11,14,18,24H,9-10,12,22H2,1-6H3,(H,23,25)/t14-,18?,21?/m1/s1. The van der Waals surface area contributed by atoms with Crippen molar-refractivity contribution in [1.82, 2.24) is 10.0 Å². The smallest absolute Gasteiger partial charge is 0.251 e. The third-order valence-electron chi connectivity index (χ3n) is 6.55. The normalized spacial score (nSPS) is 29.1. The van der Waals surface area contributed by atoms with Crippen molar-refractivity contribution in [3.8, 4) is 0 Å². The topological polar surface area (TPSA) is 101 Å². The zero-order valence-corrected chi connectivity index (χ0v) is 18.5. The molecule has 2 unspecified atom stereocenters. The number of amides is 1. The minimum atomic E-state index is -3.83. The highest BCUT2D eigenvalue weighted by Gasteiger charge is 2.59. The first-order chi connectivity index (χ1) is 12.7. The van der Waals surface area contributed by atoms with Gasteiger partial charge < -0.3 is 11.1 Å². The summed E-state index contributed by atoms with van der Waals surface area (Å²) < 4.78 is 28.0. The van der Waals surface area contributed by atoms with Gasteiger partial charge in [0.1, 0.15) is 4.90 Å². The maximum Gasteiger partial charge on any atom is 0.251 e. The van der Waals surface area contributed by atoms with Crippen LogP contribution in [0.4, 0.5) is 5.69 Å². The number of sulfonamides is 1. The zero-order valence-electron chi connectivity index (χ0n) is 17.7. The van der Waals surface area contributed by atoms with Crippen LogP contribution in [0.3, 0.4) is 0 Å². The predicted molar refractivity (Wildman–Crippen MR) is 111 cm³/mol. The number of nitrogens with one attached hydrogen (secondary N) is 2. The quantitative estimate of drug-likeness (QED) is 0.667. The fourth-order valence-corrected chi connectivity index (χ4v) is 6.82. The molecule has 2 saturated carbocycles. The van der Waals surface area contributed by atoms with E-state index in [2.05, 4.69) is 30.8 Å². The van der Waals surface area contributed by atoms with E-state index in [1.807, 2.05) is 0 Å². The van der Waals surface area contributed by atoms with Crippen LogP contribution in [-0.4, -0.2) is 25.9 Å². The molecule has 2 aliphatic rings. The van der Waals surface area contributed by atoms with E-state index in [1.165, 1.54) is 18.6 Å². The molecule has 28 heavy (non-hydrogen) atoms. The number of benzene rings is 1. The molecule has 3 atom stereocenters. The van der Waals surface area contributed by atoms with Crippen molar-refractivity contribution in [2.24, 2.45) is 16.7 Å². The van der Waals surface area contributed by atoms with Crippen molar-refractivity contribution < 1.29 is 13.2 Å². The van der Waals surface area contributed by atoms with Crippen LogP contribution in [-0.2, 0) is 10.0 Å². The fraction of sp³-hybridized carbons (Fsp3) is 0.667. The summed E-state index contributed by atoms with van der Waals surface area (Å²) >= 11 is 0. The zero-order chi connectivity index (χ0) is 21.1. The van der Waals surface area contributed by atoms with Crippen LogP contribution >= 0.6 is 0 Å². The number of carbonyl (C=O) groups excluding carboxylic acids is 1. The molecule has 6 nitrogen and oxygen atoms in total. The van der Waals surface area contributed by atoms with Gasteiger partial charge in [-0.05, 0) is 75.0 Å². The molecule has 0 aromatic heterocycles. The van der Waals surface area contributed by atoms with E-state index in [-0.39, 0.29) is 33.4 Å². The summed E-state index contributed by atoms with van der Waals surface area (Å²) in [6.07, 6.45) is 3.45. The Morgan fingerprint density at radius 2 is 1.86 bits per heavy atom. The first-order valence-electron chi connectivity index (χ1n) is 9.90. The number of nitrogens with two attached hydrogens (primary N) is 1. The van der Waals surface area contributed by atoms with E-state index in [4.69, 9.17) is 5.73 Å². The highest BCUT2D eigenvalue weighted by atomic mass is 32.2. The first kappa shape index (κ1) is 21.1. The van der Waals surface area contributed by atoms with Gasteiger partial charge >= 0.3 is 0 Å². The van der Waals surface area contributed by atoms with Gasteiger partial charge in [0.2, 0.25) is 10.0 Å². The van der Waals surface area contributed by atoms with E-state index in [9.17, 15) is 13.2 Å². The summed E-state index contributed by atoms with van der Waals surface area (Å²) in [7, 11) is -3.83. The number of hydrogen-bond donors (Lipinski definition) is 3. The summed E-state index contributed by atoms with van der Waals surface area (Å²) in [5, 5.41) is 3.21. The predicted octanol–water partition coefficient (Wildman–Crippen LogP) is 3.29. The van der Waals surface area contributed by atoms with Crippen molar-refractivity contribution >= 4 is 21.6 Å². The Morgan fingerprint density at radius 3 is 2.39 bits per heavy atom. The average molecular weight is 408 g/mol. The van der Waals surface area contributed by atoms with Crippen molar-refractivity contribution in [1.29, 1.82) is 0 Å². The first-order valence-corrected chi connectivity index (χ1v) is 11.4. The van der Waals surface area contributed by atoms with E-state index in [0.29, 0.717) is 11.5 Å². The van der Waals surface area contributed by atoms with Crippen molar-refractivity contribution in [2.75, 3.05) is 5.73 Å². The van der Waals surface area contributed by atoms with Crippen LogP contribution in [0.2, 0.25) is 0 Å². The van der Waals surface area contributed by atoms with Gasteiger partial charge in [0.25, 0.3) is 5.91 Å². The van der Waals surface area contributed by atoms with Gasteiger partial charge in [-0.3, -0.25) is 4.79 Å². The lowest BCUT2D eigenvalue weighted by molar-refractivity contribution is 0.0737. The average Bonchev–Trinajstić information content (AvgIpc) is 3.00. The molecule has 0 radical (unpaired) electrons. The summed E-state index contributed by atoms with van der Waals surface area (Å²) in [4.78, 5) is 13.0. The van der Waals surface area contributed by atoms with Crippen LogP contribution < -0.4 is 15.8 Å². The fourth-order valence-electron chi connectivity index (χ4n) is 5.24. The molecule has 2 fully saturated rings. The number of fused-ring (bicyclic) bond motifs is 2. The van der Waals surface area contributed by atoms with Crippen molar-refractivity contribution in [2.45, 2.75) is 77.3 Å². The summed E-state index contributed by atoms with van der Waals surface area (Å²) in [5.41, 5.74) is 5.83. The van der Waals surface area contributed by atoms with Crippen LogP contribution in [0.25, 0.3) is 0 Å². The molecule has 1 amide bonds. The lowest BCUT2D eigenvalue weighted by Gasteiger charge is -2.43. The number of nitrogen functional groups attached to an aromatic ring is 1. The van der Waals surface area contributed by atoms with Crippen molar-refractivity contribution in [3.05, 3.63) is 23.8 Å². The van der Waals surface area contributed by atoms with Gasteiger partial charge in [-0.1, -0.05) is 20.8 Å². The minimum Gasteiger partial charge on any atom is -0.398 e. The molecule has 4 N–H and O–H groups in total. The maximum absolute atomic E-state index is 13.0. The molecule has 1 aromatic carbocycles. The molecular weight excluding hydrogens is 374 g/mol. The Balaban J connectivity index is 1.88. The third kappa shape index (κ3) is 3.66. The van der Waals surface area contributed by atoms with E-state index >= 15 is 0 Å². The molecule has 2 aliphatic carbocycles. The summed E-state index contributed by atoms with van der Waals surface area (Å²) in [6.45, 7) is 12.0. The summed E-state index contributed by atoms with van der Waals surface area (Å²) in [6, 6.07) is 4.52. The molecule has 2 bridgehead atoms. The molecule has 3 rings (SSSR count). The lowest BCUT2D eigenvalue weighted by atomic mass is 9.68. The van der Waals surface area contributed by atoms with Crippen LogP contribution in [0.15, 0.2) is 23.1 Å².